The van der Waals surface area contributed by atoms with Crippen LogP contribution in [0.1, 0.15) is 33.6 Å². The Balaban J connectivity index is 2.44. The molecule has 1 fully saturated rings. The van der Waals surface area contributed by atoms with Gasteiger partial charge in [0.25, 0.3) is 0 Å². The van der Waals surface area contributed by atoms with Crippen molar-refractivity contribution in [2.24, 2.45) is 11.7 Å². The van der Waals surface area contributed by atoms with Gasteiger partial charge in [-0.25, -0.2) is 4.79 Å². The van der Waals surface area contributed by atoms with Gasteiger partial charge < -0.3 is 20.5 Å². The van der Waals surface area contributed by atoms with Crippen LogP contribution >= 0.6 is 0 Å². The molecule has 1 rings (SSSR count). The number of rotatable bonds is 2. The molecule has 6 nitrogen and oxygen atoms in total. The number of carboxylic acid groups (broad SMARTS) is 1. The molecule has 0 aromatic carbocycles. The third kappa shape index (κ3) is 4.18. The highest BCUT2D eigenvalue weighted by atomic mass is 16.6. The van der Waals surface area contributed by atoms with E-state index < -0.39 is 17.6 Å². The molecular weight excluding hydrogens is 236 g/mol. The van der Waals surface area contributed by atoms with Gasteiger partial charge in [0, 0.05) is 13.1 Å². The second kappa shape index (κ2) is 5.56. The molecule has 1 aliphatic rings. The SMILES string of the molecule is CC(C)(C)OC(=O)N1CCC([C@@H](N)C(=O)O)CC1. The molecular formula is C12H22N2O4. The number of carboxylic acids is 1. The zero-order valence-corrected chi connectivity index (χ0v) is 11.2. The molecule has 0 aromatic heterocycles. The highest BCUT2D eigenvalue weighted by molar-refractivity contribution is 5.73. The molecule has 0 spiro atoms. The number of carbonyl (C=O) groups is 2. The Morgan fingerprint density at radius 2 is 1.83 bits per heavy atom. The number of carbonyl (C=O) groups excluding carboxylic acids is 1. The number of piperidine rings is 1. The summed E-state index contributed by atoms with van der Waals surface area (Å²) in [6.45, 7) is 6.45. The standard InChI is InChI=1S/C12H22N2O4/c1-12(2,3)18-11(17)14-6-4-8(5-7-14)9(13)10(15)16/h8-9H,4-7,13H2,1-3H3,(H,15,16)/t9-/m1/s1. The fraction of sp³-hybridized carbons (Fsp3) is 0.833. The van der Waals surface area contributed by atoms with Crippen molar-refractivity contribution < 1.29 is 19.4 Å². The van der Waals surface area contributed by atoms with Crippen molar-refractivity contribution in [2.75, 3.05) is 13.1 Å². The molecule has 0 radical (unpaired) electrons. The van der Waals surface area contributed by atoms with Crippen LogP contribution in [-0.2, 0) is 9.53 Å². The number of hydrogen-bond acceptors (Lipinski definition) is 4. The number of likely N-dealkylation sites (tertiary alicyclic amines) is 1. The molecule has 18 heavy (non-hydrogen) atoms. The molecule has 6 heteroatoms. The van der Waals surface area contributed by atoms with Crippen LogP contribution in [0.3, 0.4) is 0 Å². The van der Waals surface area contributed by atoms with Crippen LogP contribution in [0.5, 0.6) is 0 Å². The van der Waals surface area contributed by atoms with Crippen molar-refractivity contribution >= 4 is 12.1 Å². The second-order valence-electron chi connectivity index (χ2n) is 5.67. The summed E-state index contributed by atoms with van der Waals surface area (Å²) in [5.74, 6) is -1.05. The van der Waals surface area contributed by atoms with E-state index in [2.05, 4.69) is 0 Å². The predicted molar refractivity (Wildman–Crippen MR) is 66.1 cm³/mol. The quantitative estimate of drug-likeness (QED) is 0.772. The van der Waals surface area contributed by atoms with Crippen LogP contribution in [-0.4, -0.2) is 46.8 Å². The first kappa shape index (κ1) is 14.8. The monoisotopic (exact) mass is 258 g/mol. The summed E-state index contributed by atoms with van der Waals surface area (Å²) in [5, 5.41) is 8.83. The van der Waals surface area contributed by atoms with Crippen LogP contribution in [0.4, 0.5) is 4.79 Å². The highest BCUT2D eigenvalue weighted by Crippen LogP contribution is 2.21. The zero-order chi connectivity index (χ0) is 13.9. The van der Waals surface area contributed by atoms with Gasteiger partial charge in [0.2, 0.25) is 0 Å². The lowest BCUT2D eigenvalue weighted by atomic mass is 9.90. The zero-order valence-electron chi connectivity index (χ0n) is 11.2. The van der Waals surface area contributed by atoms with Crippen molar-refractivity contribution in [3.63, 3.8) is 0 Å². The average Bonchev–Trinajstić information content (AvgIpc) is 2.26. The summed E-state index contributed by atoms with van der Waals surface area (Å²) >= 11 is 0. The Kier molecular flexibility index (Phi) is 4.56. The van der Waals surface area contributed by atoms with E-state index in [1.165, 1.54) is 0 Å². The van der Waals surface area contributed by atoms with Crippen LogP contribution in [0.2, 0.25) is 0 Å². The van der Waals surface area contributed by atoms with Crippen molar-refractivity contribution in [2.45, 2.75) is 45.3 Å². The lowest BCUT2D eigenvalue weighted by Crippen LogP contribution is -2.47. The molecule has 3 N–H and O–H groups in total. The number of ether oxygens (including phenoxy) is 1. The van der Waals surface area contributed by atoms with Gasteiger partial charge in [0.15, 0.2) is 0 Å². The van der Waals surface area contributed by atoms with Crippen molar-refractivity contribution in [1.29, 1.82) is 0 Å². The maximum Gasteiger partial charge on any atom is 0.410 e. The van der Waals surface area contributed by atoms with Gasteiger partial charge in [-0.2, -0.15) is 0 Å². The summed E-state index contributed by atoms with van der Waals surface area (Å²) in [4.78, 5) is 24.2. The topological polar surface area (TPSA) is 92.9 Å². The van der Waals surface area contributed by atoms with Crippen molar-refractivity contribution in [1.82, 2.24) is 4.90 Å². The highest BCUT2D eigenvalue weighted by Gasteiger charge is 2.31. The predicted octanol–water partition coefficient (Wildman–Crippen LogP) is 1.05. The van der Waals surface area contributed by atoms with Gasteiger partial charge in [-0.3, -0.25) is 4.79 Å². The number of aliphatic carboxylic acids is 1. The number of amides is 1. The first-order chi connectivity index (χ1) is 8.20. The van der Waals surface area contributed by atoms with Gasteiger partial charge in [0.05, 0.1) is 0 Å². The third-order valence-corrected chi connectivity index (χ3v) is 2.98. The van der Waals surface area contributed by atoms with E-state index >= 15 is 0 Å². The van der Waals surface area contributed by atoms with Crippen LogP contribution in [0.15, 0.2) is 0 Å². The molecule has 0 aliphatic carbocycles. The fourth-order valence-electron chi connectivity index (χ4n) is 1.97. The van der Waals surface area contributed by atoms with Crippen LogP contribution < -0.4 is 5.73 Å². The maximum atomic E-state index is 11.8. The minimum Gasteiger partial charge on any atom is -0.480 e. The Hall–Kier alpha value is -1.30. The number of nitrogens with zero attached hydrogens (tertiary/aromatic N) is 1. The minimum absolute atomic E-state index is 0.0683. The van der Waals surface area contributed by atoms with E-state index in [1.54, 1.807) is 4.90 Å². The summed E-state index contributed by atoms with van der Waals surface area (Å²) in [7, 11) is 0. The first-order valence-corrected chi connectivity index (χ1v) is 6.17. The van der Waals surface area contributed by atoms with Gasteiger partial charge in [-0.1, -0.05) is 0 Å². The third-order valence-electron chi connectivity index (χ3n) is 2.98. The molecule has 0 unspecified atom stereocenters. The van der Waals surface area contributed by atoms with Gasteiger partial charge in [0.1, 0.15) is 11.6 Å². The Morgan fingerprint density at radius 1 is 1.33 bits per heavy atom. The summed E-state index contributed by atoms with van der Waals surface area (Å²) in [6.07, 6.45) is 0.865. The van der Waals surface area contributed by atoms with Crippen molar-refractivity contribution in [3.8, 4) is 0 Å². The summed E-state index contributed by atoms with van der Waals surface area (Å²) in [5.41, 5.74) is 5.07. The Bertz CT molecular complexity index is 317. The van der Waals surface area contributed by atoms with E-state index in [1.807, 2.05) is 20.8 Å². The summed E-state index contributed by atoms with van der Waals surface area (Å²) < 4.78 is 5.26. The van der Waals surface area contributed by atoms with Crippen molar-refractivity contribution in [3.05, 3.63) is 0 Å². The smallest absolute Gasteiger partial charge is 0.410 e. The summed E-state index contributed by atoms with van der Waals surface area (Å²) in [6, 6.07) is -0.842. The molecule has 0 saturated carbocycles. The van der Waals surface area contributed by atoms with Crippen LogP contribution in [0.25, 0.3) is 0 Å². The van der Waals surface area contributed by atoms with E-state index in [9.17, 15) is 9.59 Å². The Morgan fingerprint density at radius 3 is 2.22 bits per heavy atom. The van der Waals surface area contributed by atoms with Gasteiger partial charge in [-0.15, -0.1) is 0 Å². The van der Waals surface area contributed by atoms with Gasteiger partial charge in [-0.05, 0) is 39.5 Å². The number of nitrogens with two attached hydrogens (primary N) is 1. The van der Waals surface area contributed by atoms with Gasteiger partial charge >= 0.3 is 12.1 Å². The lowest BCUT2D eigenvalue weighted by Gasteiger charge is -2.34. The van der Waals surface area contributed by atoms with E-state index in [0.717, 1.165) is 0 Å². The molecule has 1 heterocycles. The largest absolute Gasteiger partial charge is 0.480 e. The molecule has 0 bridgehead atoms. The first-order valence-electron chi connectivity index (χ1n) is 6.17. The molecule has 1 atom stereocenters. The normalized spacial score (nSPS) is 19.4. The molecule has 0 aromatic rings. The van der Waals surface area contributed by atoms with Crippen LogP contribution in [0, 0.1) is 5.92 Å². The lowest BCUT2D eigenvalue weighted by molar-refractivity contribution is -0.140. The minimum atomic E-state index is -0.981. The Labute approximate surface area is 107 Å². The van der Waals surface area contributed by atoms with E-state index in [0.29, 0.717) is 25.9 Å². The molecule has 104 valence electrons. The molecule has 1 amide bonds. The molecule has 1 aliphatic heterocycles. The second-order valence-corrected chi connectivity index (χ2v) is 5.67. The number of hydrogen-bond donors (Lipinski definition) is 2. The maximum absolute atomic E-state index is 11.8. The fourth-order valence-corrected chi connectivity index (χ4v) is 1.97. The van der Waals surface area contributed by atoms with E-state index in [-0.39, 0.29) is 12.0 Å². The molecule has 1 saturated heterocycles. The van der Waals surface area contributed by atoms with E-state index in [4.69, 9.17) is 15.6 Å². The average molecular weight is 258 g/mol.